The van der Waals surface area contributed by atoms with Gasteiger partial charge in [-0.1, -0.05) is 42.6 Å². The first-order chi connectivity index (χ1) is 9.30. The van der Waals surface area contributed by atoms with Gasteiger partial charge in [-0.15, -0.1) is 10.2 Å². The van der Waals surface area contributed by atoms with Crippen molar-refractivity contribution in [1.29, 1.82) is 0 Å². The Morgan fingerprint density at radius 1 is 1.20 bits per heavy atom. The van der Waals surface area contributed by atoms with Gasteiger partial charge in [0.2, 0.25) is 0 Å². The van der Waals surface area contributed by atoms with Crippen LogP contribution < -0.4 is 0 Å². The molecule has 0 unspecified atom stereocenters. The monoisotopic (exact) mass is 341 g/mol. The molecule has 0 aliphatic heterocycles. The average Bonchev–Trinajstić information content (AvgIpc) is 2.92. The summed E-state index contributed by atoms with van der Waals surface area (Å²) in [5, 5.41) is 9.88. The molecule has 0 saturated heterocycles. The van der Waals surface area contributed by atoms with Crippen LogP contribution in [-0.4, -0.2) is 14.8 Å². The molecule has 0 bridgehead atoms. The van der Waals surface area contributed by atoms with Crippen LogP contribution in [0.15, 0.2) is 0 Å². The summed E-state index contributed by atoms with van der Waals surface area (Å²) in [4.78, 5) is 0. The van der Waals surface area contributed by atoms with Gasteiger partial charge in [0.25, 0.3) is 0 Å². The fourth-order valence-corrected chi connectivity index (χ4v) is 4.17. The van der Waals surface area contributed by atoms with E-state index in [2.05, 4.69) is 65.3 Å². The van der Waals surface area contributed by atoms with Gasteiger partial charge < -0.3 is 4.57 Å². The number of aromatic nitrogens is 3. The van der Waals surface area contributed by atoms with E-state index in [1.165, 1.54) is 37.9 Å². The van der Waals surface area contributed by atoms with Crippen molar-refractivity contribution < 1.29 is 0 Å². The highest BCUT2D eigenvalue weighted by atomic mass is 79.9. The zero-order valence-corrected chi connectivity index (χ0v) is 15.1. The van der Waals surface area contributed by atoms with Crippen molar-refractivity contribution in [3.63, 3.8) is 0 Å². The molecule has 20 heavy (non-hydrogen) atoms. The summed E-state index contributed by atoms with van der Waals surface area (Å²) in [5.41, 5.74) is 0.281. The minimum Gasteiger partial charge on any atom is -0.308 e. The first kappa shape index (κ1) is 16.0. The van der Waals surface area contributed by atoms with Gasteiger partial charge in [-0.25, -0.2) is 0 Å². The average molecular weight is 342 g/mol. The Kier molecular flexibility index (Phi) is 4.63. The zero-order chi connectivity index (χ0) is 15.0. The van der Waals surface area contributed by atoms with Gasteiger partial charge in [0.05, 0.1) is 5.33 Å². The summed E-state index contributed by atoms with van der Waals surface area (Å²) in [7, 11) is 0. The van der Waals surface area contributed by atoms with E-state index >= 15 is 0 Å². The molecule has 1 aromatic heterocycles. The lowest BCUT2D eigenvalue weighted by Crippen LogP contribution is -2.35. The fourth-order valence-electron chi connectivity index (χ4n) is 3.80. The predicted octanol–water partition coefficient (Wildman–Crippen LogP) is 4.79. The standard InChI is InChI=1S/C16H28BrN3/c1-12(2)10-16(8-6-7-9-16)14-19-18-13(11-17)20(14)15(3,4)5/h12H,6-11H2,1-5H3. The number of alkyl halides is 1. The minimum atomic E-state index is 0.0362. The predicted molar refractivity (Wildman–Crippen MR) is 87.3 cm³/mol. The first-order valence-corrected chi connectivity index (χ1v) is 8.93. The second kappa shape index (κ2) is 5.78. The molecule has 1 aliphatic carbocycles. The molecule has 114 valence electrons. The topological polar surface area (TPSA) is 30.7 Å². The Morgan fingerprint density at radius 3 is 2.25 bits per heavy atom. The van der Waals surface area contributed by atoms with Crippen molar-refractivity contribution in [2.45, 2.75) is 83.0 Å². The largest absolute Gasteiger partial charge is 0.308 e. The summed E-state index contributed by atoms with van der Waals surface area (Å²) >= 11 is 3.57. The Hall–Kier alpha value is -0.380. The number of halogens is 1. The molecule has 0 N–H and O–H groups in total. The third-order valence-corrected chi connectivity index (χ3v) is 4.86. The molecule has 3 nitrogen and oxygen atoms in total. The molecule has 1 aliphatic rings. The third-order valence-electron chi connectivity index (χ3n) is 4.35. The summed E-state index contributed by atoms with van der Waals surface area (Å²) in [5.74, 6) is 2.99. The molecule has 1 aromatic rings. The van der Waals surface area contributed by atoms with E-state index in [1.54, 1.807) is 0 Å². The Labute approximate surface area is 131 Å². The second-order valence-electron chi connectivity index (χ2n) is 7.67. The molecular formula is C16H28BrN3. The highest BCUT2D eigenvalue weighted by molar-refractivity contribution is 9.08. The molecule has 0 spiro atoms. The number of hydrogen-bond donors (Lipinski definition) is 0. The van der Waals surface area contributed by atoms with Crippen LogP contribution in [0, 0.1) is 5.92 Å². The van der Waals surface area contributed by atoms with Gasteiger partial charge >= 0.3 is 0 Å². The maximum absolute atomic E-state index is 4.64. The molecular weight excluding hydrogens is 314 g/mol. The smallest absolute Gasteiger partial charge is 0.144 e. The molecule has 2 rings (SSSR count). The van der Waals surface area contributed by atoms with Crippen LogP contribution in [0.1, 0.15) is 78.4 Å². The van der Waals surface area contributed by atoms with E-state index in [0.717, 1.165) is 11.2 Å². The molecule has 0 atom stereocenters. The SMILES string of the molecule is CC(C)CC1(c2nnc(CBr)n2C(C)(C)C)CCCC1. The van der Waals surface area contributed by atoms with Crippen LogP contribution in [0.25, 0.3) is 0 Å². The molecule has 0 amide bonds. The van der Waals surface area contributed by atoms with Gasteiger partial charge in [0.1, 0.15) is 11.6 Å². The van der Waals surface area contributed by atoms with Gasteiger partial charge in [-0.3, -0.25) is 0 Å². The van der Waals surface area contributed by atoms with E-state index in [0.29, 0.717) is 5.92 Å². The van der Waals surface area contributed by atoms with Crippen molar-refractivity contribution in [1.82, 2.24) is 14.8 Å². The van der Waals surface area contributed by atoms with Crippen molar-refractivity contribution in [2.75, 3.05) is 0 Å². The van der Waals surface area contributed by atoms with E-state index < -0.39 is 0 Å². The number of rotatable bonds is 4. The highest BCUT2D eigenvalue weighted by Gasteiger charge is 2.42. The van der Waals surface area contributed by atoms with Crippen molar-refractivity contribution in [3.8, 4) is 0 Å². The van der Waals surface area contributed by atoms with Gasteiger partial charge in [0.15, 0.2) is 0 Å². The van der Waals surface area contributed by atoms with Gasteiger partial charge in [0, 0.05) is 11.0 Å². The van der Waals surface area contributed by atoms with Crippen LogP contribution >= 0.6 is 15.9 Å². The van der Waals surface area contributed by atoms with E-state index in [9.17, 15) is 0 Å². The Morgan fingerprint density at radius 2 is 1.80 bits per heavy atom. The summed E-state index contributed by atoms with van der Waals surface area (Å²) in [6.45, 7) is 11.4. The third kappa shape index (κ3) is 2.95. The number of hydrogen-bond acceptors (Lipinski definition) is 2. The molecule has 0 aromatic carbocycles. The van der Waals surface area contributed by atoms with E-state index in [1.807, 2.05) is 0 Å². The van der Waals surface area contributed by atoms with E-state index in [-0.39, 0.29) is 11.0 Å². The second-order valence-corrected chi connectivity index (χ2v) is 8.23. The van der Waals surface area contributed by atoms with Crippen molar-refractivity contribution >= 4 is 15.9 Å². The summed E-state index contributed by atoms with van der Waals surface area (Å²) in [6, 6.07) is 0. The van der Waals surface area contributed by atoms with Crippen molar-refractivity contribution in [2.24, 2.45) is 5.92 Å². The lowest BCUT2D eigenvalue weighted by Gasteiger charge is -2.34. The highest BCUT2D eigenvalue weighted by Crippen LogP contribution is 2.46. The Balaban J connectivity index is 2.52. The zero-order valence-electron chi connectivity index (χ0n) is 13.5. The maximum Gasteiger partial charge on any atom is 0.144 e. The van der Waals surface area contributed by atoms with Crippen LogP contribution in [0.3, 0.4) is 0 Å². The van der Waals surface area contributed by atoms with Gasteiger partial charge in [-0.05, 0) is 46.0 Å². The maximum atomic E-state index is 4.64. The molecule has 0 radical (unpaired) electrons. The van der Waals surface area contributed by atoms with Crippen molar-refractivity contribution in [3.05, 3.63) is 11.6 Å². The minimum absolute atomic E-state index is 0.0362. The quantitative estimate of drug-likeness (QED) is 0.737. The lowest BCUT2D eigenvalue weighted by atomic mass is 9.77. The first-order valence-electron chi connectivity index (χ1n) is 7.81. The molecule has 4 heteroatoms. The fraction of sp³-hybridized carbons (Fsp3) is 0.875. The van der Waals surface area contributed by atoms with E-state index in [4.69, 9.17) is 0 Å². The Bertz CT molecular complexity index is 451. The summed E-state index contributed by atoms with van der Waals surface area (Å²) in [6.07, 6.45) is 6.41. The molecule has 1 saturated carbocycles. The van der Waals surface area contributed by atoms with Gasteiger partial charge in [-0.2, -0.15) is 0 Å². The molecule has 1 heterocycles. The van der Waals surface area contributed by atoms with Crippen LogP contribution in [0.2, 0.25) is 0 Å². The number of nitrogens with zero attached hydrogens (tertiary/aromatic N) is 3. The summed E-state index contributed by atoms with van der Waals surface area (Å²) < 4.78 is 2.38. The lowest BCUT2D eigenvalue weighted by molar-refractivity contribution is 0.281. The molecule has 1 fully saturated rings. The van der Waals surface area contributed by atoms with Crippen LogP contribution in [-0.2, 0) is 16.3 Å². The van der Waals surface area contributed by atoms with Crippen LogP contribution in [0.4, 0.5) is 0 Å². The normalized spacial score (nSPS) is 18.9. The van der Waals surface area contributed by atoms with Crippen LogP contribution in [0.5, 0.6) is 0 Å².